The van der Waals surface area contributed by atoms with Crippen molar-refractivity contribution in [1.82, 2.24) is 4.90 Å². The first-order valence-corrected chi connectivity index (χ1v) is 5.85. The fourth-order valence-electron chi connectivity index (χ4n) is 2.03. The van der Waals surface area contributed by atoms with Crippen LogP contribution in [0.2, 0.25) is 0 Å². The minimum absolute atomic E-state index is 0.0392. The standard InChI is InChI=1S/C11H16F3NO4/c1-19-8(11(12,13)14)5-9(16)15-4-2-3-7(6-15)10(17)18/h7-8H,2-6H2,1H3,(H,17,18). The van der Waals surface area contributed by atoms with Crippen molar-refractivity contribution < 1.29 is 32.6 Å². The van der Waals surface area contributed by atoms with Crippen LogP contribution < -0.4 is 0 Å². The highest BCUT2D eigenvalue weighted by atomic mass is 19.4. The van der Waals surface area contributed by atoms with Crippen molar-refractivity contribution in [1.29, 1.82) is 0 Å². The van der Waals surface area contributed by atoms with Crippen LogP contribution in [0.4, 0.5) is 13.2 Å². The highest BCUT2D eigenvalue weighted by Gasteiger charge is 2.42. The molecule has 0 aromatic heterocycles. The first-order valence-electron chi connectivity index (χ1n) is 5.85. The minimum Gasteiger partial charge on any atom is -0.481 e. The third-order valence-electron chi connectivity index (χ3n) is 3.13. The number of carbonyl (C=O) groups excluding carboxylic acids is 1. The molecule has 1 aliphatic rings. The Morgan fingerprint density at radius 1 is 1.47 bits per heavy atom. The molecule has 1 N–H and O–H groups in total. The number of likely N-dealkylation sites (tertiary alicyclic amines) is 1. The third-order valence-corrected chi connectivity index (χ3v) is 3.13. The SMILES string of the molecule is COC(CC(=O)N1CCCC(C(=O)O)C1)C(F)(F)F. The second-order valence-electron chi connectivity index (χ2n) is 4.49. The average molecular weight is 283 g/mol. The maximum absolute atomic E-state index is 12.5. The molecule has 0 radical (unpaired) electrons. The van der Waals surface area contributed by atoms with E-state index in [0.29, 0.717) is 12.8 Å². The van der Waals surface area contributed by atoms with Crippen LogP contribution in [0, 0.1) is 5.92 Å². The number of alkyl halides is 3. The number of nitrogens with zero attached hydrogens (tertiary/aromatic N) is 1. The molecule has 0 aliphatic carbocycles. The van der Waals surface area contributed by atoms with Gasteiger partial charge in [-0.1, -0.05) is 0 Å². The van der Waals surface area contributed by atoms with Gasteiger partial charge in [0.1, 0.15) is 0 Å². The average Bonchev–Trinajstić information content (AvgIpc) is 2.34. The highest BCUT2D eigenvalue weighted by Crippen LogP contribution is 2.26. The van der Waals surface area contributed by atoms with Crippen LogP contribution in [-0.4, -0.2) is 54.4 Å². The predicted octanol–water partition coefficient (Wildman–Crippen LogP) is 1.28. The Hall–Kier alpha value is -1.31. The number of rotatable bonds is 4. The number of aliphatic carboxylic acids is 1. The van der Waals surface area contributed by atoms with E-state index in [1.54, 1.807) is 0 Å². The van der Waals surface area contributed by atoms with Gasteiger partial charge in [-0.2, -0.15) is 13.2 Å². The summed E-state index contributed by atoms with van der Waals surface area (Å²) in [6, 6.07) is 0. The monoisotopic (exact) mass is 283 g/mol. The van der Waals surface area contributed by atoms with Crippen molar-refractivity contribution in [3.8, 4) is 0 Å². The molecule has 0 aromatic carbocycles. The first kappa shape index (κ1) is 15.7. The van der Waals surface area contributed by atoms with E-state index in [1.165, 1.54) is 4.90 Å². The zero-order valence-electron chi connectivity index (χ0n) is 10.4. The van der Waals surface area contributed by atoms with E-state index in [9.17, 15) is 22.8 Å². The quantitative estimate of drug-likeness (QED) is 0.844. The van der Waals surface area contributed by atoms with Crippen LogP contribution in [0.15, 0.2) is 0 Å². The van der Waals surface area contributed by atoms with E-state index in [-0.39, 0.29) is 13.1 Å². The molecular formula is C11H16F3NO4. The number of carboxylic acid groups (broad SMARTS) is 1. The number of ether oxygens (including phenoxy) is 1. The summed E-state index contributed by atoms with van der Waals surface area (Å²) in [6.45, 7) is 0.249. The topological polar surface area (TPSA) is 66.8 Å². The molecule has 2 atom stereocenters. The lowest BCUT2D eigenvalue weighted by Crippen LogP contribution is -2.45. The van der Waals surface area contributed by atoms with Crippen LogP contribution in [0.5, 0.6) is 0 Å². The van der Waals surface area contributed by atoms with Gasteiger partial charge in [0.05, 0.1) is 12.3 Å². The Kier molecular flexibility index (Phi) is 5.16. The molecule has 0 aromatic rings. The zero-order chi connectivity index (χ0) is 14.6. The molecule has 1 aliphatic heterocycles. The number of carboxylic acids is 1. The molecule has 1 rings (SSSR count). The second-order valence-corrected chi connectivity index (χ2v) is 4.49. The number of hydrogen-bond donors (Lipinski definition) is 1. The number of methoxy groups -OCH3 is 1. The molecule has 0 saturated carbocycles. The van der Waals surface area contributed by atoms with E-state index in [2.05, 4.69) is 4.74 Å². The van der Waals surface area contributed by atoms with Crippen LogP contribution in [0.1, 0.15) is 19.3 Å². The van der Waals surface area contributed by atoms with Crippen LogP contribution in [0.3, 0.4) is 0 Å². The molecule has 1 fully saturated rings. The normalized spacial score (nSPS) is 22.1. The Bertz CT molecular complexity index is 345. The first-order chi connectivity index (χ1) is 8.75. The lowest BCUT2D eigenvalue weighted by Gasteiger charge is -2.31. The largest absolute Gasteiger partial charge is 0.481 e. The van der Waals surface area contributed by atoms with Gasteiger partial charge in [-0.05, 0) is 12.8 Å². The van der Waals surface area contributed by atoms with E-state index in [0.717, 1.165) is 7.11 Å². The summed E-state index contributed by atoms with van der Waals surface area (Å²) < 4.78 is 41.7. The number of hydrogen-bond acceptors (Lipinski definition) is 3. The fraction of sp³-hybridized carbons (Fsp3) is 0.818. The van der Waals surface area contributed by atoms with Gasteiger partial charge >= 0.3 is 12.1 Å². The van der Waals surface area contributed by atoms with Gasteiger partial charge < -0.3 is 14.7 Å². The van der Waals surface area contributed by atoms with Gasteiger partial charge in [-0.15, -0.1) is 0 Å². The Morgan fingerprint density at radius 2 is 2.11 bits per heavy atom. The molecular weight excluding hydrogens is 267 g/mol. The molecule has 2 unspecified atom stereocenters. The summed E-state index contributed by atoms with van der Waals surface area (Å²) in [7, 11) is 0.891. The third kappa shape index (κ3) is 4.38. The fourth-order valence-corrected chi connectivity index (χ4v) is 2.03. The van der Waals surface area contributed by atoms with E-state index >= 15 is 0 Å². The Morgan fingerprint density at radius 3 is 2.58 bits per heavy atom. The van der Waals surface area contributed by atoms with Crippen LogP contribution >= 0.6 is 0 Å². The number of amides is 1. The van der Waals surface area contributed by atoms with E-state index in [1.807, 2.05) is 0 Å². The van der Waals surface area contributed by atoms with Gasteiger partial charge in [0, 0.05) is 20.2 Å². The van der Waals surface area contributed by atoms with Crippen LogP contribution in [-0.2, 0) is 14.3 Å². The van der Waals surface area contributed by atoms with Gasteiger partial charge in [0.15, 0.2) is 6.10 Å². The van der Waals surface area contributed by atoms with Gasteiger partial charge in [0.25, 0.3) is 0 Å². The van der Waals surface area contributed by atoms with Crippen molar-refractivity contribution in [3.05, 3.63) is 0 Å². The molecule has 1 amide bonds. The lowest BCUT2D eigenvalue weighted by atomic mass is 9.98. The number of carbonyl (C=O) groups is 2. The van der Waals surface area contributed by atoms with Gasteiger partial charge in [-0.3, -0.25) is 9.59 Å². The van der Waals surface area contributed by atoms with Crippen molar-refractivity contribution in [3.63, 3.8) is 0 Å². The molecule has 8 heteroatoms. The zero-order valence-corrected chi connectivity index (χ0v) is 10.4. The number of piperidine rings is 1. The Balaban J connectivity index is 2.60. The summed E-state index contributed by atoms with van der Waals surface area (Å²) in [6.07, 6.45) is -6.65. The highest BCUT2D eigenvalue weighted by molar-refractivity contribution is 5.78. The Labute approximate surface area is 108 Å². The summed E-state index contributed by atoms with van der Waals surface area (Å²) in [5, 5.41) is 8.85. The molecule has 19 heavy (non-hydrogen) atoms. The number of halogens is 3. The van der Waals surface area contributed by atoms with Crippen molar-refractivity contribution >= 4 is 11.9 Å². The predicted molar refractivity (Wildman–Crippen MR) is 58.4 cm³/mol. The molecule has 0 bridgehead atoms. The van der Waals surface area contributed by atoms with Crippen LogP contribution in [0.25, 0.3) is 0 Å². The van der Waals surface area contributed by atoms with E-state index in [4.69, 9.17) is 5.11 Å². The van der Waals surface area contributed by atoms with Crippen molar-refractivity contribution in [2.45, 2.75) is 31.5 Å². The van der Waals surface area contributed by atoms with Crippen molar-refractivity contribution in [2.24, 2.45) is 5.92 Å². The minimum atomic E-state index is -4.60. The van der Waals surface area contributed by atoms with Crippen molar-refractivity contribution in [2.75, 3.05) is 20.2 Å². The lowest BCUT2D eigenvalue weighted by molar-refractivity contribution is -0.216. The second kappa shape index (κ2) is 6.23. The molecule has 1 heterocycles. The summed E-state index contributed by atoms with van der Waals surface area (Å²) in [5.41, 5.74) is 0. The van der Waals surface area contributed by atoms with E-state index < -0.39 is 36.5 Å². The maximum atomic E-state index is 12.5. The molecule has 110 valence electrons. The molecule has 0 spiro atoms. The smallest absolute Gasteiger partial charge is 0.415 e. The summed E-state index contributed by atoms with van der Waals surface area (Å²) in [4.78, 5) is 23.7. The summed E-state index contributed by atoms with van der Waals surface area (Å²) in [5.74, 6) is -2.46. The maximum Gasteiger partial charge on any atom is 0.415 e. The summed E-state index contributed by atoms with van der Waals surface area (Å²) >= 11 is 0. The van der Waals surface area contributed by atoms with Gasteiger partial charge in [-0.25, -0.2) is 0 Å². The molecule has 1 saturated heterocycles. The van der Waals surface area contributed by atoms with Gasteiger partial charge in [0.2, 0.25) is 5.91 Å². The molecule has 5 nitrogen and oxygen atoms in total.